The van der Waals surface area contributed by atoms with Gasteiger partial charge in [-0.05, 0) is 69.0 Å². The molecule has 0 unspecified atom stereocenters. The summed E-state index contributed by atoms with van der Waals surface area (Å²) >= 11 is 1.01. The lowest BCUT2D eigenvalue weighted by atomic mass is 10.1. The number of fused-ring (bicyclic) bond motifs is 1. The van der Waals surface area contributed by atoms with Gasteiger partial charge in [-0.2, -0.15) is 0 Å². The Balaban J connectivity index is 1.59. The quantitative estimate of drug-likeness (QED) is 0.505. The van der Waals surface area contributed by atoms with E-state index in [0.29, 0.717) is 29.0 Å². The molecule has 4 rings (SSSR count). The highest BCUT2D eigenvalue weighted by Gasteiger charge is 2.25. The largest absolute Gasteiger partial charge is 0.343 e. The Morgan fingerprint density at radius 1 is 1.09 bits per heavy atom. The second kappa shape index (κ2) is 9.69. The van der Waals surface area contributed by atoms with Gasteiger partial charge in [-0.1, -0.05) is 23.5 Å². The Labute approximate surface area is 198 Å². The number of amides is 1. The molecule has 2 heterocycles. The summed E-state index contributed by atoms with van der Waals surface area (Å²) in [7, 11) is -3.79. The molecule has 1 fully saturated rings. The van der Waals surface area contributed by atoms with Crippen LogP contribution in [0.25, 0.3) is 10.2 Å². The molecular formula is C24H29N3O4S2. The zero-order valence-electron chi connectivity index (χ0n) is 19.0. The fraction of sp³-hybridized carbons (Fsp3) is 0.417. The number of aryl methyl sites for hydroxylation is 2. The standard InChI is InChI=1S/C24H29N3O4S2/c1-3-27(19-9-7-8-18(2)16-19)33(30,31)20-10-11-21-22(17-20)32-24(29)26(21)15-12-23(28)25-13-5-4-6-14-25/h7-11,16-17H,3-6,12-15H2,1-2H3. The van der Waals surface area contributed by atoms with E-state index in [0.717, 1.165) is 49.3 Å². The Hall–Kier alpha value is -2.65. The predicted octanol–water partition coefficient (Wildman–Crippen LogP) is 3.99. The first-order valence-electron chi connectivity index (χ1n) is 11.3. The van der Waals surface area contributed by atoms with Crippen molar-refractivity contribution < 1.29 is 13.2 Å². The zero-order chi connectivity index (χ0) is 23.6. The van der Waals surface area contributed by atoms with Gasteiger partial charge in [0, 0.05) is 32.6 Å². The first-order valence-corrected chi connectivity index (χ1v) is 13.6. The third kappa shape index (κ3) is 4.84. The number of hydrogen-bond acceptors (Lipinski definition) is 5. The van der Waals surface area contributed by atoms with E-state index in [1.165, 1.54) is 4.31 Å². The molecule has 176 valence electrons. The molecule has 1 aliphatic heterocycles. The number of carbonyl (C=O) groups is 1. The molecule has 3 aromatic rings. The van der Waals surface area contributed by atoms with Crippen LogP contribution in [0.3, 0.4) is 0 Å². The average Bonchev–Trinajstić information content (AvgIpc) is 3.12. The van der Waals surface area contributed by atoms with Gasteiger partial charge in [0.1, 0.15) is 0 Å². The van der Waals surface area contributed by atoms with E-state index in [9.17, 15) is 18.0 Å². The Morgan fingerprint density at radius 3 is 2.55 bits per heavy atom. The van der Waals surface area contributed by atoms with Gasteiger partial charge in [-0.25, -0.2) is 8.42 Å². The van der Waals surface area contributed by atoms with Gasteiger partial charge < -0.3 is 4.90 Å². The van der Waals surface area contributed by atoms with Gasteiger partial charge in [0.25, 0.3) is 10.0 Å². The smallest absolute Gasteiger partial charge is 0.308 e. The van der Waals surface area contributed by atoms with Crippen molar-refractivity contribution in [2.24, 2.45) is 0 Å². The monoisotopic (exact) mass is 487 g/mol. The highest BCUT2D eigenvalue weighted by molar-refractivity contribution is 7.92. The van der Waals surface area contributed by atoms with E-state index >= 15 is 0 Å². The molecule has 0 N–H and O–H groups in total. The lowest BCUT2D eigenvalue weighted by molar-refractivity contribution is -0.132. The van der Waals surface area contributed by atoms with Crippen molar-refractivity contribution in [3.05, 3.63) is 57.7 Å². The molecular weight excluding hydrogens is 458 g/mol. The summed E-state index contributed by atoms with van der Waals surface area (Å²) < 4.78 is 30.3. The van der Waals surface area contributed by atoms with E-state index < -0.39 is 10.0 Å². The average molecular weight is 488 g/mol. The summed E-state index contributed by atoms with van der Waals surface area (Å²) in [5.74, 6) is 0.0666. The number of nitrogens with zero attached hydrogens (tertiary/aromatic N) is 3. The molecule has 0 saturated carbocycles. The van der Waals surface area contributed by atoms with Gasteiger partial charge in [0.05, 0.1) is 20.8 Å². The van der Waals surface area contributed by atoms with E-state index in [-0.39, 0.29) is 22.1 Å². The number of thiazole rings is 1. The molecule has 0 aliphatic carbocycles. The van der Waals surface area contributed by atoms with E-state index in [4.69, 9.17) is 0 Å². The van der Waals surface area contributed by atoms with Crippen LogP contribution in [-0.4, -0.2) is 43.4 Å². The number of sulfonamides is 1. The summed E-state index contributed by atoms with van der Waals surface area (Å²) in [6, 6.07) is 12.2. The van der Waals surface area contributed by atoms with Crippen LogP contribution < -0.4 is 9.18 Å². The van der Waals surface area contributed by atoms with Gasteiger partial charge >= 0.3 is 4.87 Å². The third-order valence-electron chi connectivity index (χ3n) is 6.06. The number of benzene rings is 2. The molecule has 1 aromatic heterocycles. The van der Waals surface area contributed by atoms with Gasteiger partial charge in [0.2, 0.25) is 5.91 Å². The third-order valence-corrected chi connectivity index (χ3v) is 8.90. The van der Waals surface area contributed by atoms with Crippen LogP contribution >= 0.6 is 11.3 Å². The molecule has 0 radical (unpaired) electrons. The minimum absolute atomic E-state index is 0.0666. The number of rotatable bonds is 7. The van der Waals surface area contributed by atoms with Crippen LogP contribution in [0.4, 0.5) is 5.69 Å². The Kier molecular flexibility index (Phi) is 6.90. The lowest BCUT2D eigenvalue weighted by Gasteiger charge is -2.26. The van der Waals surface area contributed by atoms with E-state index in [1.54, 1.807) is 35.8 Å². The number of anilines is 1. The van der Waals surface area contributed by atoms with Crippen molar-refractivity contribution >= 4 is 43.2 Å². The van der Waals surface area contributed by atoms with Crippen LogP contribution in [0.2, 0.25) is 0 Å². The number of likely N-dealkylation sites (tertiary alicyclic amines) is 1. The zero-order valence-corrected chi connectivity index (χ0v) is 20.6. The number of piperidine rings is 1. The van der Waals surface area contributed by atoms with Gasteiger partial charge in [-0.3, -0.25) is 18.5 Å². The van der Waals surface area contributed by atoms with Crippen molar-refractivity contribution in [1.29, 1.82) is 0 Å². The number of aromatic nitrogens is 1. The normalized spacial score (nSPS) is 14.5. The topological polar surface area (TPSA) is 79.7 Å². The highest BCUT2D eigenvalue weighted by atomic mass is 32.2. The first kappa shape index (κ1) is 23.5. The molecule has 1 aliphatic rings. The van der Waals surface area contributed by atoms with Crippen LogP contribution in [0.5, 0.6) is 0 Å². The summed E-state index contributed by atoms with van der Waals surface area (Å²) in [6.45, 7) is 5.88. The van der Waals surface area contributed by atoms with Crippen LogP contribution in [0.1, 0.15) is 38.2 Å². The second-order valence-electron chi connectivity index (χ2n) is 8.35. The Bertz CT molecular complexity index is 1320. The maximum Gasteiger partial charge on any atom is 0.308 e. The van der Waals surface area contributed by atoms with Crippen LogP contribution in [-0.2, 0) is 21.4 Å². The molecule has 1 saturated heterocycles. The minimum Gasteiger partial charge on any atom is -0.343 e. The predicted molar refractivity (Wildman–Crippen MR) is 133 cm³/mol. The maximum absolute atomic E-state index is 13.4. The van der Waals surface area contributed by atoms with Crippen molar-refractivity contribution in [3.63, 3.8) is 0 Å². The molecule has 2 aromatic carbocycles. The summed E-state index contributed by atoms with van der Waals surface area (Å²) in [5.41, 5.74) is 2.25. The van der Waals surface area contributed by atoms with E-state index in [2.05, 4.69) is 0 Å². The highest BCUT2D eigenvalue weighted by Crippen LogP contribution is 2.28. The van der Waals surface area contributed by atoms with Crippen molar-refractivity contribution in [2.45, 2.75) is 51.0 Å². The van der Waals surface area contributed by atoms with Crippen molar-refractivity contribution in [3.8, 4) is 0 Å². The Morgan fingerprint density at radius 2 is 1.85 bits per heavy atom. The maximum atomic E-state index is 13.4. The van der Waals surface area contributed by atoms with Gasteiger partial charge in [0.15, 0.2) is 0 Å². The number of hydrogen-bond donors (Lipinski definition) is 0. The molecule has 1 amide bonds. The lowest BCUT2D eigenvalue weighted by Crippen LogP contribution is -2.36. The van der Waals surface area contributed by atoms with Crippen LogP contribution in [0.15, 0.2) is 52.2 Å². The summed E-state index contributed by atoms with van der Waals surface area (Å²) in [4.78, 5) is 27.0. The minimum atomic E-state index is -3.79. The fourth-order valence-electron chi connectivity index (χ4n) is 4.33. The van der Waals surface area contributed by atoms with E-state index in [1.807, 2.05) is 30.0 Å². The van der Waals surface area contributed by atoms with Crippen molar-refractivity contribution in [1.82, 2.24) is 9.47 Å². The second-order valence-corrected chi connectivity index (χ2v) is 11.2. The summed E-state index contributed by atoms with van der Waals surface area (Å²) in [5, 5.41) is 0. The molecule has 33 heavy (non-hydrogen) atoms. The van der Waals surface area contributed by atoms with Crippen molar-refractivity contribution in [2.75, 3.05) is 23.9 Å². The molecule has 9 heteroatoms. The number of carbonyl (C=O) groups excluding carboxylic acids is 1. The fourth-order valence-corrected chi connectivity index (χ4v) is 6.85. The first-order chi connectivity index (χ1) is 15.8. The molecule has 0 spiro atoms. The van der Waals surface area contributed by atoms with Gasteiger partial charge in [-0.15, -0.1) is 0 Å². The molecule has 0 atom stereocenters. The van der Waals surface area contributed by atoms with Crippen LogP contribution in [0, 0.1) is 6.92 Å². The molecule has 7 nitrogen and oxygen atoms in total. The molecule has 0 bridgehead atoms. The summed E-state index contributed by atoms with van der Waals surface area (Å²) in [6.07, 6.45) is 3.48. The SMILES string of the molecule is CCN(c1cccc(C)c1)S(=O)(=O)c1ccc2c(c1)sc(=O)n2CCC(=O)N1CCCCC1.